The van der Waals surface area contributed by atoms with E-state index in [1.165, 1.54) is 12.1 Å². The number of benzene rings is 2. The third-order valence-electron chi connectivity index (χ3n) is 2.78. The Balaban J connectivity index is 2.14. The van der Waals surface area contributed by atoms with E-state index in [9.17, 15) is 9.59 Å². The molecule has 6 heteroatoms. The molecular weight excluding hydrogens is 336 g/mol. The largest absolute Gasteiger partial charge is 0.478 e. The number of carboxylic acid groups (broad SMARTS) is 1. The first-order chi connectivity index (χ1) is 9.97. The maximum Gasteiger partial charge on any atom is 0.337 e. The molecule has 0 fully saturated rings. The van der Waals surface area contributed by atoms with E-state index in [0.29, 0.717) is 5.69 Å². The minimum Gasteiger partial charge on any atom is -0.478 e. The molecule has 0 radical (unpaired) electrons. The smallest absolute Gasteiger partial charge is 0.337 e. The van der Waals surface area contributed by atoms with Crippen molar-refractivity contribution in [1.29, 1.82) is 0 Å². The molecule has 5 nitrogen and oxygen atoms in total. The summed E-state index contributed by atoms with van der Waals surface area (Å²) in [4.78, 5) is 23.0. The number of hydrogen-bond acceptors (Lipinski definition) is 2. The lowest BCUT2D eigenvalue weighted by Gasteiger charge is -2.11. The fourth-order valence-corrected chi connectivity index (χ4v) is 2.37. The number of carbonyl (C=O) groups is 2. The van der Waals surface area contributed by atoms with E-state index in [2.05, 4.69) is 26.6 Å². The summed E-state index contributed by atoms with van der Waals surface area (Å²) in [7, 11) is 0. The van der Waals surface area contributed by atoms with Gasteiger partial charge in [-0.2, -0.15) is 0 Å². The van der Waals surface area contributed by atoms with E-state index in [-0.39, 0.29) is 11.3 Å². The molecule has 0 heterocycles. The molecule has 0 saturated heterocycles. The normalized spacial score (nSPS) is 10.0. The van der Waals surface area contributed by atoms with Crippen LogP contribution in [0.2, 0.25) is 0 Å². The number of aryl methyl sites for hydroxylation is 1. The monoisotopic (exact) mass is 348 g/mol. The summed E-state index contributed by atoms with van der Waals surface area (Å²) in [6.07, 6.45) is 0. The van der Waals surface area contributed by atoms with Crippen LogP contribution in [0, 0.1) is 6.92 Å². The lowest BCUT2D eigenvalue weighted by molar-refractivity contribution is 0.0698. The van der Waals surface area contributed by atoms with Gasteiger partial charge in [-0.1, -0.05) is 18.2 Å². The van der Waals surface area contributed by atoms with E-state index in [0.717, 1.165) is 10.0 Å². The van der Waals surface area contributed by atoms with Crippen LogP contribution in [0.4, 0.5) is 16.2 Å². The number of rotatable bonds is 3. The van der Waals surface area contributed by atoms with Crippen LogP contribution in [-0.4, -0.2) is 17.1 Å². The van der Waals surface area contributed by atoms with Crippen LogP contribution in [0.1, 0.15) is 15.9 Å². The zero-order valence-electron chi connectivity index (χ0n) is 11.2. The molecule has 0 bridgehead atoms. The lowest BCUT2D eigenvalue weighted by atomic mass is 10.2. The summed E-state index contributed by atoms with van der Waals surface area (Å²) in [5.41, 5.74) is 1.94. The Morgan fingerprint density at radius 1 is 1.05 bits per heavy atom. The topological polar surface area (TPSA) is 78.4 Å². The van der Waals surface area contributed by atoms with Gasteiger partial charge in [0.25, 0.3) is 0 Å². The highest BCUT2D eigenvalue weighted by Gasteiger charge is 2.12. The van der Waals surface area contributed by atoms with Gasteiger partial charge in [0, 0.05) is 4.47 Å². The summed E-state index contributed by atoms with van der Waals surface area (Å²) in [6.45, 7) is 1.94. The molecule has 0 atom stereocenters. The van der Waals surface area contributed by atoms with Gasteiger partial charge in [0.15, 0.2) is 0 Å². The SMILES string of the molecule is Cc1ccc(NC(=O)Nc2ccccc2C(=O)O)c(Br)c1. The van der Waals surface area contributed by atoms with Crippen molar-refractivity contribution < 1.29 is 14.7 Å². The average Bonchev–Trinajstić information content (AvgIpc) is 2.42. The summed E-state index contributed by atoms with van der Waals surface area (Å²) in [6, 6.07) is 11.2. The molecule has 3 N–H and O–H groups in total. The zero-order chi connectivity index (χ0) is 15.4. The van der Waals surface area contributed by atoms with Crippen molar-refractivity contribution in [3.63, 3.8) is 0 Å². The molecular formula is C15H13BrN2O3. The third-order valence-corrected chi connectivity index (χ3v) is 3.43. The Morgan fingerprint density at radius 3 is 2.38 bits per heavy atom. The predicted octanol–water partition coefficient (Wildman–Crippen LogP) is 4.10. The lowest BCUT2D eigenvalue weighted by Crippen LogP contribution is -2.21. The van der Waals surface area contributed by atoms with Crippen molar-refractivity contribution >= 4 is 39.3 Å². The zero-order valence-corrected chi connectivity index (χ0v) is 12.8. The molecule has 0 aliphatic rings. The van der Waals surface area contributed by atoms with Crippen LogP contribution >= 0.6 is 15.9 Å². The van der Waals surface area contributed by atoms with Gasteiger partial charge in [-0.05, 0) is 52.7 Å². The van der Waals surface area contributed by atoms with E-state index >= 15 is 0 Å². The van der Waals surface area contributed by atoms with Crippen LogP contribution < -0.4 is 10.6 Å². The highest BCUT2D eigenvalue weighted by molar-refractivity contribution is 9.10. The second kappa shape index (κ2) is 6.41. The standard InChI is InChI=1S/C15H13BrN2O3/c1-9-6-7-13(11(16)8-9)18-15(21)17-12-5-3-2-4-10(12)14(19)20/h2-8H,1H3,(H,19,20)(H2,17,18,21). The van der Waals surface area contributed by atoms with Crippen LogP contribution in [0.15, 0.2) is 46.9 Å². The van der Waals surface area contributed by atoms with Gasteiger partial charge in [0.05, 0.1) is 16.9 Å². The minimum absolute atomic E-state index is 0.0376. The second-order valence-electron chi connectivity index (χ2n) is 4.41. The van der Waals surface area contributed by atoms with Crippen molar-refractivity contribution in [2.24, 2.45) is 0 Å². The fourth-order valence-electron chi connectivity index (χ4n) is 1.78. The quantitative estimate of drug-likeness (QED) is 0.781. The Hall–Kier alpha value is -2.34. The maximum atomic E-state index is 12.0. The highest BCUT2D eigenvalue weighted by atomic mass is 79.9. The number of nitrogens with one attached hydrogen (secondary N) is 2. The summed E-state index contributed by atoms with van der Waals surface area (Å²) in [5, 5.41) is 14.3. The molecule has 2 amide bonds. The summed E-state index contributed by atoms with van der Waals surface area (Å²) in [5.74, 6) is -1.09. The number of anilines is 2. The van der Waals surface area contributed by atoms with Crippen molar-refractivity contribution in [2.45, 2.75) is 6.92 Å². The van der Waals surface area contributed by atoms with Gasteiger partial charge in [0.1, 0.15) is 0 Å². The van der Waals surface area contributed by atoms with Crippen molar-refractivity contribution in [2.75, 3.05) is 10.6 Å². The minimum atomic E-state index is -1.09. The molecule has 108 valence electrons. The highest BCUT2D eigenvalue weighted by Crippen LogP contribution is 2.24. The van der Waals surface area contributed by atoms with E-state index in [4.69, 9.17) is 5.11 Å². The molecule has 0 unspecified atom stereocenters. The fraction of sp³-hybridized carbons (Fsp3) is 0.0667. The molecule has 0 saturated carbocycles. The number of carbonyl (C=O) groups excluding carboxylic acids is 1. The molecule has 2 aromatic rings. The first-order valence-electron chi connectivity index (χ1n) is 6.14. The molecule has 0 aromatic heterocycles. The van der Waals surface area contributed by atoms with E-state index in [1.807, 2.05) is 19.1 Å². The van der Waals surface area contributed by atoms with E-state index < -0.39 is 12.0 Å². The van der Waals surface area contributed by atoms with E-state index in [1.54, 1.807) is 18.2 Å². The number of hydrogen-bond donors (Lipinski definition) is 3. The summed E-state index contributed by atoms with van der Waals surface area (Å²) >= 11 is 3.36. The molecule has 0 aliphatic heterocycles. The maximum absolute atomic E-state index is 12.0. The number of para-hydroxylation sites is 1. The Bertz CT molecular complexity index is 701. The van der Waals surface area contributed by atoms with Crippen LogP contribution in [0.3, 0.4) is 0 Å². The first kappa shape index (κ1) is 15.1. The van der Waals surface area contributed by atoms with Gasteiger partial charge in [0.2, 0.25) is 0 Å². The van der Waals surface area contributed by atoms with Gasteiger partial charge in [-0.15, -0.1) is 0 Å². The predicted molar refractivity (Wildman–Crippen MR) is 84.9 cm³/mol. The van der Waals surface area contributed by atoms with Crippen LogP contribution in [-0.2, 0) is 0 Å². The van der Waals surface area contributed by atoms with Crippen molar-refractivity contribution in [3.8, 4) is 0 Å². The van der Waals surface area contributed by atoms with Crippen molar-refractivity contribution in [1.82, 2.24) is 0 Å². The number of amides is 2. The van der Waals surface area contributed by atoms with Gasteiger partial charge in [-0.3, -0.25) is 0 Å². The molecule has 0 aliphatic carbocycles. The Labute approximate surface area is 130 Å². The number of urea groups is 1. The second-order valence-corrected chi connectivity index (χ2v) is 5.27. The molecule has 21 heavy (non-hydrogen) atoms. The van der Waals surface area contributed by atoms with Gasteiger partial charge >= 0.3 is 12.0 Å². The van der Waals surface area contributed by atoms with Gasteiger partial charge < -0.3 is 15.7 Å². The average molecular weight is 349 g/mol. The number of aromatic carboxylic acids is 1. The number of halogens is 1. The van der Waals surface area contributed by atoms with Gasteiger partial charge in [-0.25, -0.2) is 9.59 Å². The molecule has 0 spiro atoms. The molecule has 2 aromatic carbocycles. The Morgan fingerprint density at radius 2 is 1.71 bits per heavy atom. The molecule has 2 rings (SSSR count). The van der Waals surface area contributed by atoms with Crippen LogP contribution in [0.25, 0.3) is 0 Å². The number of carboxylic acids is 1. The third kappa shape index (κ3) is 3.82. The van der Waals surface area contributed by atoms with Crippen LogP contribution in [0.5, 0.6) is 0 Å². The van der Waals surface area contributed by atoms with Crippen molar-refractivity contribution in [3.05, 3.63) is 58.1 Å². The first-order valence-corrected chi connectivity index (χ1v) is 6.93. The Kier molecular flexibility index (Phi) is 4.59. The summed E-state index contributed by atoms with van der Waals surface area (Å²) < 4.78 is 0.754.